The number of pyridine rings is 1. The zero-order chi connectivity index (χ0) is 20.1. The van der Waals surface area contributed by atoms with Gasteiger partial charge in [-0.3, -0.25) is 14.6 Å². The average Bonchev–Trinajstić information content (AvgIpc) is 3.43. The molecule has 0 saturated carbocycles. The Morgan fingerprint density at radius 3 is 2.72 bits per heavy atom. The first-order chi connectivity index (χ1) is 14.0. The fourth-order valence-electron chi connectivity index (χ4n) is 4.55. The van der Waals surface area contributed by atoms with Crippen LogP contribution in [-0.2, 0) is 6.54 Å². The molecule has 29 heavy (non-hydrogen) atoms. The van der Waals surface area contributed by atoms with Gasteiger partial charge in [0.2, 0.25) is 0 Å². The van der Waals surface area contributed by atoms with Crippen molar-refractivity contribution in [2.75, 3.05) is 13.1 Å². The van der Waals surface area contributed by atoms with E-state index in [4.69, 9.17) is 4.42 Å². The van der Waals surface area contributed by atoms with Crippen molar-refractivity contribution in [2.45, 2.75) is 32.5 Å². The maximum atomic E-state index is 13.2. The predicted molar refractivity (Wildman–Crippen MR) is 105 cm³/mol. The predicted octanol–water partition coefficient (Wildman–Crippen LogP) is 2.81. The summed E-state index contributed by atoms with van der Waals surface area (Å²) in [5.74, 6) is 1.28. The Bertz CT molecular complexity index is 1080. The largest absolute Gasteiger partial charge is 0.466 e. The summed E-state index contributed by atoms with van der Waals surface area (Å²) < 4.78 is 7.57. The summed E-state index contributed by atoms with van der Waals surface area (Å²) in [6.45, 7) is 5.12. The molecule has 7 heteroatoms. The van der Waals surface area contributed by atoms with Crippen LogP contribution in [0.15, 0.2) is 53.2 Å². The molecule has 0 aromatic carbocycles. The molecule has 1 saturated heterocycles. The fourth-order valence-corrected chi connectivity index (χ4v) is 4.55. The van der Waals surface area contributed by atoms with Gasteiger partial charge in [0.1, 0.15) is 17.2 Å². The first kappa shape index (κ1) is 17.7. The van der Waals surface area contributed by atoms with Crippen LogP contribution >= 0.6 is 0 Å². The number of likely N-dealkylation sites (tertiary alicyclic amines) is 1. The summed E-state index contributed by atoms with van der Waals surface area (Å²) in [6.07, 6.45) is 3.67. The molecule has 3 aromatic heterocycles. The number of aryl methyl sites for hydroxylation is 2. The summed E-state index contributed by atoms with van der Waals surface area (Å²) >= 11 is 0. The number of amides is 2. The summed E-state index contributed by atoms with van der Waals surface area (Å²) in [5, 5.41) is 0. The quantitative estimate of drug-likeness (QED) is 0.689. The fraction of sp³-hybridized carbons (Fsp3) is 0.318. The van der Waals surface area contributed by atoms with Gasteiger partial charge in [-0.05, 0) is 44.2 Å². The zero-order valence-electron chi connectivity index (χ0n) is 16.4. The van der Waals surface area contributed by atoms with Crippen LogP contribution in [0.4, 0.5) is 0 Å². The van der Waals surface area contributed by atoms with Crippen LogP contribution in [0.2, 0.25) is 0 Å². The highest BCUT2D eigenvalue weighted by Gasteiger charge is 2.46. The van der Waals surface area contributed by atoms with E-state index in [-0.39, 0.29) is 23.9 Å². The van der Waals surface area contributed by atoms with Gasteiger partial charge in [-0.25, -0.2) is 0 Å². The molecule has 5 heterocycles. The van der Waals surface area contributed by atoms with E-state index in [0.717, 1.165) is 11.5 Å². The minimum Gasteiger partial charge on any atom is -0.466 e. The number of fused-ring (bicyclic) bond motifs is 3. The number of hydrogen-bond acceptors (Lipinski definition) is 4. The molecule has 7 nitrogen and oxygen atoms in total. The van der Waals surface area contributed by atoms with Gasteiger partial charge >= 0.3 is 0 Å². The second-order valence-electron chi connectivity index (χ2n) is 7.73. The molecule has 2 aliphatic rings. The number of rotatable bonds is 3. The highest BCUT2D eigenvalue weighted by atomic mass is 16.3. The number of hydrogen-bond donors (Lipinski definition) is 0. The van der Waals surface area contributed by atoms with Crippen molar-refractivity contribution in [3.05, 3.63) is 77.3 Å². The van der Waals surface area contributed by atoms with E-state index in [2.05, 4.69) is 4.98 Å². The number of carbonyl (C=O) groups is 2. The van der Waals surface area contributed by atoms with Crippen molar-refractivity contribution in [1.82, 2.24) is 19.4 Å². The van der Waals surface area contributed by atoms with Gasteiger partial charge in [-0.15, -0.1) is 0 Å². The van der Waals surface area contributed by atoms with Crippen molar-refractivity contribution in [1.29, 1.82) is 0 Å². The van der Waals surface area contributed by atoms with E-state index in [9.17, 15) is 9.59 Å². The standard InChI is InChI=1S/C22H22N4O3/c1-14-10-17(15(2)29-14)21(27)24-12-19-20(13-24)26(11-16-6-3-4-8-23-16)22(28)18-7-5-9-25(18)19/h3-10,19-20H,11-13H2,1-2H3/t19-,20-/m0/s1. The monoisotopic (exact) mass is 390 g/mol. The van der Waals surface area contributed by atoms with Crippen LogP contribution < -0.4 is 0 Å². The lowest BCUT2D eigenvalue weighted by Gasteiger charge is -2.37. The van der Waals surface area contributed by atoms with Gasteiger partial charge in [0.25, 0.3) is 11.8 Å². The van der Waals surface area contributed by atoms with E-state index >= 15 is 0 Å². The van der Waals surface area contributed by atoms with Crippen LogP contribution in [0, 0.1) is 13.8 Å². The summed E-state index contributed by atoms with van der Waals surface area (Å²) in [6, 6.07) is 11.2. The van der Waals surface area contributed by atoms with Gasteiger partial charge in [0.15, 0.2) is 0 Å². The maximum absolute atomic E-state index is 13.2. The molecule has 5 rings (SSSR count). The van der Waals surface area contributed by atoms with Crippen LogP contribution in [0.1, 0.15) is 44.1 Å². The third-order valence-corrected chi connectivity index (χ3v) is 5.89. The average molecular weight is 390 g/mol. The lowest BCUT2D eigenvalue weighted by Crippen LogP contribution is -2.50. The van der Waals surface area contributed by atoms with E-state index in [0.29, 0.717) is 36.7 Å². The van der Waals surface area contributed by atoms with Crippen LogP contribution in [0.3, 0.4) is 0 Å². The Labute approximate surface area is 168 Å². The Balaban J connectivity index is 1.48. The Kier molecular flexibility index (Phi) is 4.04. The number of carbonyl (C=O) groups excluding carboxylic acids is 2. The third kappa shape index (κ3) is 2.85. The second-order valence-corrected chi connectivity index (χ2v) is 7.73. The molecular formula is C22H22N4O3. The van der Waals surface area contributed by atoms with Gasteiger partial charge in [-0.1, -0.05) is 6.07 Å². The van der Waals surface area contributed by atoms with Gasteiger partial charge in [0.05, 0.1) is 29.9 Å². The first-order valence-corrected chi connectivity index (χ1v) is 9.77. The topological polar surface area (TPSA) is 71.6 Å². The van der Waals surface area contributed by atoms with Crippen molar-refractivity contribution in [3.63, 3.8) is 0 Å². The van der Waals surface area contributed by atoms with E-state index < -0.39 is 0 Å². The van der Waals surface area contributed by atoms with Gasteiger partial charge in [0, 0.05) is 25.5 Å². The van der Waals surface area contributed by atoms with Gasteiger partial charge < -0.3 is 18.8 Å². The third-order valence-electron chi connectivity index (χ3n) is 5.89. The van der Waals surface area contributed by atoms with Crippen LogP contribution in [-0.4, -0.2) is 50.3 Å². The minimum absolute atomic E-state index is 0.0217. The highest BCUT2D eigenvalue weighted by molar-refractivity contribution is 5.96. The Morgan fingerprint density at radius 2 is 2.00 bits per heavy atom. The molecule has 0 N–H and O–H groups in total. The summed E-state index contributed by atoms with van der Waals surface area (Å²) in [5.41, 5.74) is 2.09. The zero-order valence-corrected chi connectivity index (χ0v) is 16.4. The molecule has 0 radical (unpaired) electrons. The summed E-state index contributed by atoms with van der Waals surface area (Å²) in [7, 11) is 0. The molecule has 0 aliphatic carbocycles. The molecular weight excluding hydrogens is 368 g/mol. The van der Waals surface area contributed by atoms with Crippen LogP contribution in [0.25, 0.3) is 0 Å². The van der Waals surface area contributed by atoms with Gasteiger partial charge in [-0.2, -0.15) is 0 Å². The molecule has 2 amide bonds. The van der Waals surface area contributed by atoms with Crippen LogP contribution in [0.5, 0.6) is 0 Å². The minimum atomic E-state index is -0.0957. The molecule has 0 unspecified atom stereocenters. The molecule has 0 bridgehead atoms. The molecule has 2 atom stereocenters. The number of nitrogens with zero attached hydrogens (tertiary/aromatic N) is 4. The SMILES string of the molecule is Cc1cc(C(=O)N2C[C@H]3[C@H](C2)n2cccc2C(=O)N3Cc2ccccn2)c(C)o1. The van der Waals surface area contributed by atoms with Crippen molar-refractivity contribution in [3.8, 4) is 0 Å². The Morgan fingerprint density at radius 1 is 1.17 bits per heavy atom. The molecule has 3 aromatic rings. The van der Waals surface area contributed by atoms with Crippen molar-refractivity contribution in [2.24, 2.45) is 0 Å². The molecule has 148 valence electrons. The van der Waals surface area contributed by atoms with E-state index in [1.54, 1.807) is 12.3 Å². The highest BCUT2D eigenvalue weighted by Crippen LogP contribution is 2.35. The lowest BCUT2D eigenvalue weighted by atomic mass is 10.1. The molecule has 1 fully saturated rings. The molecule has 0 spiro atoms. The van der Waals surface area contributed by atoms with Crippen molar-refractivity contribution < 1.29 is 14.0 Å². The first-order valence-electron chi connectivity index (χ1n) is 9.77. The smallest absolute Gasteiger partial charge is 0.271 e. The summed E-state index contributed by atoms with van der Waals surface area (Å²) in [4.78, 5) is 34.4. The molecule has 2 aliphatic heterocycles. The maximum Gasteiger partial charge on any atom is 0.271 e. The number of aromatic nitrogens is 2. The second kappa shape index (κ2) is 6.62. The lowest BCUT2D eigenvalue weighted by molar-refractivity contribution is 0.0547. The van der Waals surface area contributed by atoms with Crippen molar-refractivity contribution >= 4 is 11.8 Å². The number of furan rings is 1. The normalized spacial score (nSPS) is 20.7. The Hall–Kier alpha value is -3.35. The van der Waals surface area contributed by atoms with E-state index in [1.165, 1.54) is 0 Å². The van der Waals surface area contributed by atoms with E-state index in [1.807, 2.05) is 64.7 Å².